The lowest BCUT2D eigenvalue weighted by Gasteiger charge is -2.10. The van der Waals surface area contributed by atoms with Crippen LogP contribution in [0.3, 0.4) is 0 Å². The molecule has 0 aliphatic heterocycles. The number of aryl methyl sites for hydroxylation is 1. The molecule has 0 fully saturated rings. The summed E-state index contributed by atoms with van der Waals surface area (Å²) < 4.78 is 5.41. The molecule has 2 heterocycles. The molecule has 96 valence electrons. The number of rotatable bonds is 3. The molecule has 0 radical (unpaired) electrons. The van der Waals surface area contributed by atoms with Gasteiger partial charge in [0.15, 0.2) is 0 Å². The van der Waals surface area contributed by atoms with Gasteiger partial charge in [0, 0.05) is 23.2 Å². The van der Waals surface area contributed by atoms with Gasteiger partial charge in [-0.25, -0.2) is 4.98 Å². The van der Waals surface area contributed by atoms with Gasteiger partial charge in [-0.05, 0) is 19.1 Å². The molecule has 5 heteroatoms. The van der Waals surface area contributed by atoms with E-state index in [1.807, 2.05) is 25.1 Å². The quantitative estimate of drug-likeness (QED) is 0.703. The van der Waals surface area contributed by atoms with Crippen molar-refractivity contribution in [3.8, 4) is 0 Å². The Bertz CT molecular complexity index is 720. The van der Waals surface area contributed by atoms with E-state index < -0.39 is 0 Å². The number of nitrogens with zero attached hydrogens (tertiary/aromatic N) is 2. The minimum absolute atomic E-state index is 0.509. The summed E-state index contributed by atoms with van der Waals surface area (Å²) in [4.78, 5) is 8.22. The van der Waals surface area contributed by atoms with Crippen LogP contribution in [0, 0.1) is 6.92 Å². The predicted octanol–water partition coefficient (Wildman–Crippen LogP) is 2.73. The van der Waals surface area contributed by atoms with E-state index in [1.165, 1.54) is 0 Å². The number of oxazole rings is 1. The van der Waals surface area contributed by atoms with Gasteiger partial charge in [-0.2, -0.15) is 0 Å². The first-order valence-corrected chi connectivity index (χ1v) is 6.01. The molecule has 0 spiro atoms. The maximum Gasteiger partial charge on any atom is 0.213 e. The first-order valence-electron chi connectivity index (χ1n) is 6.01. The highest BCUT2D eigenvalue weighted by Crippen LogP contribution is 2.28. The molecule has 0 amide bonds. The molecule has 0 bridgehead atoms. The Hall–Kier alpha value is -2.56. The molecule has 19 heavy (non-hydrogen) atoms. The second kappa shape index (κ2) is 4.61. The summed E-state index contributed by atoms with van der Waals surface area (Å²) in [7, 11) is 0. The van der Waals surface area contributed by atoms with Crippen LogP contribution in [-0.4, -0.2) is 9.97 Å². The van der Waals surface area contributed by atoms with Crippen molar-refractivity contribution in [3.63, 3.8) is 0 Å². The first-order chi connectivity index (χ1) is 9.24. The van der Waals surface area contributed by atoms with Gasteiger partial charge >= 0.3 is 0 Å². The van der Waals surface area contributed by atoms with Crippen LogP contribution in [0.1, 0.15) is 11.7 Å². The molecule has 0 saturated carbocycles. The van der Waals surface area contributed by atoms with Crippen molar-refractivity contribution in [2.75, 3.05) is 11.1 Å². The molecular formula is C14H14N4O. The summed E-state index contributed by atoms with van der Waals surface area (Å²) >= 11 is 0. The molecule has 5 nitrogen and oxygen atoms in total. The Morgan fingerprint density at radius 2 is 2.16 bits per heavy atom. The zero-order valence-electron chi connectivity index (χ0n) is 10.6. The molecule has 0 aliphatic rings. The molecule has 3 N–H and O–H groups in total. The summed E-state index contributed by atoms with van der Waals surface area (Å²) in [5, 5.41) is 5.25. The van der Waals surface area contributed by atoms with Gasteiger partial charge in [0.05, 0.1) is 24.1 Å². The normalized spacial score (nSPS) is 10.8. The molecule has 0 aliphatic carbocycles. The largest absolute Gasteiger partial charge is 0.444 e. The fourth-order valence-electron chi connectivity index (χ4n) is 2.00. The number of nitrogen functional groups attached to an aromatic ring is 1. The number of nitrogens with one attached hydrogen (secondary N) is 1. The number of nitrogens with two attached hydrogens (primary N) is 1. The summed E-state index contributed by atoms with van der Waals surface area (Å²) in [6, 6.07) is 5.84. The summed E-state index contributed by atoms with van der Waals surface area (Å²) in [5.74, 6) is 1.45. The molecule has 0 atom stereocenters. The third kappa shape index (κ3) is 2.22. The Morgan fingerprint density at radius 3 is 2.95 bits per heavy atom. The number of hydrogen-bond donors (Lipinski definition) is 2. The fourth-order valence-corrected chi connectivity index (χ4v) is 2.00. The molecule has 0 saturated heterocycles. The van der Waals surface area contributed by atoms with E-state index in [9.17, 15) is 0 Å². The second-order valence-corrected chi connectivity index (χ2v) is 4.34. The Balaban J connectivity index is 1.87. The van der Waals surface area contributed by atoms with Crippen LogP contribution in [0.4, 0.5) is 11.4 Å². The third-order valence-electron chi connectivity index (χ3n) is 2.96. The van der Waals surface area contributed by atoms with Crippen LogP contribution in [0.2, 0.25) is 0 Å². The lowest BCUT2D eigenvalue weighted by atomic mass is 10.1. The highest BCUT2D eigenvalue weighted by Gasteiger charge is 2.06. The molecule has 2 aromatic heterocycles. The highest BCUT2D eigenvalue weighted by atomic mass is 16.4. The van der Waals surface area contributed by atoms with Crippen molar-refractivity contribution < 1.29 is 4.42 Å². The van der Waals surface area contributed by atoms with Crippen molar-refractivity contribution in [2.24, 2.45) is 0 Å². The topological polar surface area (TPSA) is 77.0 Å². The average Bonchev–Trinajstić information content (AvgIpc) is 2.84. The van der Waals surface area contributed by atoms with Crippen molar-refractivity contribution >= 4 is 22.1 Å². The number of hydrogen-bond acceptors (Lipinski definition) is 5. The second-order valence-electron chi connectivity index (χ2n) is 4.34. The number of fused-ring (bicyclic) bond motifs is 1. The van der Waals surface area contributed by atoms with Gasteiger partial charge in [0.2, 0.25) is 5.89 Å². The molecule has 3 rings (SSSR count). The number of aromatic nitrogens is 2. The Morgan fingerprint density at radius 1 is 1.26 bits per heavy atom. The fraction of sp³-hybridized carbons (Fsp3) is 0.143. The molecule has 1 aromatic carbocycles. The third-order valence-corrected chi connectivity index (χ3v) is 2.96. The highest BCUT2D eigenvalue weighted by molar-refractivity contribution is 5.98. The van der Waals surface area contributed by atoms with Crippen LogP contribution in [0.15, 0.2) is 41.2 Å². The van der Waals surface area contributed by atoms with E-state index >= 15 is 0 Å². The average molecular weight is 254 g/mol. The van der Waals surface area contributed by atoms with Crippen LogP contribution in [0.25, 0.3) is 10.8 Å². The van der Waals surface area contributed by atoms with Crippen molar-refractivity contribution in [2.45, 2.75) is 13.5 Å². The zero-order valence-corrected chi connectivity index (χ0v) is 10.6. The minimum atomic E-state index is 0.509. The molecule has 3 aromatic rings. The standard InChI is InChI=1S/C14H14N4O/c1-9-6-18-13(19-9)8-17-12-3-2-10-7-16-5-4-11(10)14(12)15/h2-7,17H,8,15H2,1H3. The van der Waals surface area contributed by atoms with Crippen molar-refractivity contribution in [1.29, 1.82) is 0 Å². The monoisotopic (exact) mass is 254 g/mol. The SMILES string of the molecule is Cc1cnc(CNc2ccc3cnccc3c2N)o1. The van der Waals surface area contributed by atoms with Crippen molar-refractivity contribution in [3.05, 3.63) is 48.4 Å². The molecular weight excluding hydrogens is 240 g/mol. The maximum absolute atomic E-state index is 6.15. The maximum atomic E-state index is 6.15. The van der Waals surface area contributed by atoms with Gasteiger partial charge < -0.3 is 15.5 Å². The lowest BCUT2D eigenvalue weighted by Crippen LogP contribution is -2.03. The zero-order chi connectivity index (χ0) is 13.2. The van der Waals surface area contributed by atoms with Crippen LogP contribution < -0.4 is 11.1 Å². The van der Waals surface area contributed by atoms with Crippen LogP contribution in [0.5, 0.6) is 0 Å². The van der Waals surface area contributed by atoms with E-state index in [1.54, 1.807) is 18.6 Å². The van der Waals surface area contributed by atoms with E-state index in [-0.39, 0.29) is 0 Å². The van der Waals surface area contributed by atoms with Gasteiger partial charge in [0.1, 0.15) is 5.76 Å². The van der Waals surface area contributed by atoms with Crippen LogP contribution in [-0.2, 0) is 6.54 Å². The van der Waals surface area contributed by atoms with E-state index in [0.717, 1.165) is 22.2 Å². The number of pyridine rings is 1. The van der Waals surface area contributed by atoms with Crippen LogP contribution >= 0.6 is 0 Å². The summed E-state index contributed by atoms with van der Waals surface area (Å²) in [5.41, 5.74) is 7.73. The predicted molar refractivity (Wildman–Crippen MR) is 74.7 cm³/mol. The van der Waals surface area contributed by atoms with E-state index in [4.69, 9.17) is 10.2 Å². The summed E-state index contributed by atoms with van der Waals surface area (Å²) in [6.45, 7) is 2.38. The van der Waals surface area contributed by atoms with E-state index in [2.05, 4.69) is 15.3 Å². The Labute approximate surface area is 110 Å². The summed E-state index contributed by atoms with van der Waals surface area (Å²) in [6.07, 6.45) is 5.24. The molecule has 0 unspecified atom stereocenters. The number of benzene rings is 1. The smallest absolute Gasteiger partial charge is 0.213 e. The van der Waals surface area contributed by atoms with Gasteiger partial charge in [-0.1, -0.05) is 6.07 Å². The lowest BCUT2D eigenvalue weighted by molar-refractivity contribution is 0.479. The van der Waals surface area contributed by atoms with Gasteiger partial charge in [-0.3, -0.25) is 4.98 Å². The van der Waals surface area contributed by atoms with E-state index in [0.29, 0.717) is 18.1 Å². The first kappa shape index (κ1) is 11.5. The number of anilines is 2. The van der Waals surface area contributed by atoms with Crippen molar-refractivity contribution in [1.82, 2.24) is 9.97 Å². The van der Waals surface area contributed by atoms with Gasteiger partial charge in [-0.15, -0.1) is 0 Å². The van der Waals surface area contributed by atoms with Gasteiger partial charge in [0.25, 0.3) is 0 Å². The minimum Gasteiger partial charge on any atom is -0.444 e. The Kier molecular flexibility index (Phi) is 2.79.